The van der Waals surface area contributed by atoms with E-state index in [2.05, 4.69) is 52.8 Å². The second-order valence-corrected chi connectivity index (χ2v) is 20.7. The summed E-state index contributed by atoms with van der Waals surface area (Å²) in [6, 6.07) is 27.9. The van der Waals surface area contributed by atoms with Crippen LogP contribution in [-0.4, -0.2) is 69.7 Å². The molecule has 0 unspecified atom stereocenters. The zero-order chi connectivity index (χ0) is 41.5. The highest BCUT2D eigenvalue weighted by Gasteiger charge is 2.66. The summed E-state index contributed by atoms with van der Waals surface area (Å²) in [4.78, 5) is 45.0. The normalized spacial score (nSPS) is 20.1. The van der Waals surface area contributed by atoms with Crippen LogP contribution < -0.4 is 20.1 Å². The van der Waals surface area contributed by atoms with E-state index in [4.69, 9.17) is 9.47 Å². The average molecular weight is 814 g/mol. The van der Waals surface area contributed by atoms with Crippen LogP contribution in [0, 0.1) is 16.0 Å². The Morgan fingerprint density at radius 3 is 2.58 bits per heavy atom. The van der Waals surface area contributed by atoms with Crippen LogP contribution in [0.1, 0.15) is 35.7 Å². The molecule has 0 aliphatic carbocycles. The number of aliphatic hydroxyl groups excluding tert-OH is 1. The van der Waals surface area contributed by atoms with Gasteiger partial charge >= 0.3 is 0 Å². The number of benzene rings is 4. The second-order valence-electron chi connectivity index (χ2n) is 16.0. The van der Waals surface area contributed by atoms with Crippen LogP contribution in [0.2, 0.25) is 18.6 Å². The number of fused-ring (bicyclic) bond motifs is 3. The number of aromatic amines is 1. The lowest BCUT2D eigenvalue weighted by Gasteiger charge is -2.37. The van der Waals surface area contributed by atoms with Crippen LogP contribution in [0.4, 0.5) is 17.1 Å². The first-order chi connectivity index (χ1) is 28.4. The van der Waals surface area contributed by atoms with E-state index in [9.17, 15) is 20.0 Å². The number of H-pyrrole nitrogens is 1. The van der Waals surface area contributed by atoms with Gasteiger partial charge < -0.3 is 29.8 Å². The molecule has 2 aliphatic heterocycles. The van der Waals surface area contributed by atoms with Crippen LogP contribution in [0.5, 0.6) is 5.75 Å². The number of hydrogen-bond donors (Lipinski definition) is 3. The monoisotopic (exact) mass is 813 g/mol. The number of aromatic nitrogens is 4. The van der Waals surface area contributed by atoms with E-state index in [-0.39, 0.29) is 48.5 Å². The smallest absolute Gasteiger partial charge is 0.269 e. The Bertz CT molecular complexity index is 2520. The molecule has 2 aliphatic rings. The third-order valence-corrected chi connectivity index (χ3v) is 16.6. The minimum absolute atomic E-state index is 0.0362. The standard InChI is InChI=1S/C44H47N7O7Si/c1-28-42(59(3,4)35-16-14-34(57-2)15-17-35)40(19-21-49-27-32(20-22-52)47-48-49)58-44(28)37-24-33(51(55)56)13-18-39(37)50(43(44)54)26-29-9-11-31(12-10-29)46-41(53)23-30-25-45-38-8-6-5-7-36(30)38/h5-18,24-25,27-28,40,42,45,52H,19-23,26H2,1-4H3,(H,46,53)/t28-,40+,42-,44+/m1/s1. The number of carbonyl (C=O) groups is 2. The number of hydrogen-bond acceptors (Lipinski definition) is 9. The minimum Gasteiger partial charge on any atom is -0.497 e. The number of nitro groups is 1. The van der Waals surface area contributed by atoms with Crippen LogP contribution in [0.25, 0.3) is 10.9 Å². The summed E-state index contributed by atoms with van der Waals surface area (Å²) in [7, 11) is -0.851. The van der Waals surface area contributed by atoms with Gasteiger partial charge in [-0.2, -0.15) is 0 Å². The molecule has 0 saturated carbocycles. The molecule has 59 heavy (non-hydrogen) atoms. The van der Waals surface area contributed by atoms with E-state index in [0.717, 1.165) is 27.8 Å². The SMILES string of the molecule is COc1ccc([Si](C)(C)[C@H]2[C@H](CCn3cc(CCO)nn3)O[C@@]3(C(=O)N(Cc4ccc(NC(=O)Cc5c[nH]c6ccccc56)cc4)c4ccc([N+](=O)[O-])cc43)[C@@H]2C)cc1. The number of nitro benzene ring substituents is 1. The fourth-order valence-corrected chi connectivity index (χ4v) is 13.4. The highest BCUT2D eigenvalue weighted by Crippen LogP contribution is 2.60. The number of aryl methyl sites for hydroxylation is 1. The van der Waals surface area contributed by atoms with Crippen molar-refractivity contribution in [1.82, 2.24) is 20.0 Å². The third-order valence-electron chi connectivity index (χ3n) is 12.2. The maximum atomic E-state index is 15.2. The summed E-state index contributed by atoms with van der Waals surface area (Å²) in [5, 5.41) is 35.3. The molecule has 1 saturated heterocycles. The molecule has 14 nitrogen and oxygen atoms in total. The van der Waals surface area contributed by atoms with Crippen molar-refractivity contribution in [3.8, 4) is 5.75 Å². The number of aliphatic hydroxyl groups is 1. The Morgan fingerprint density at radius 1 is 1.08 bits per heavy atom. The predicted octanol–water partition coefficient (Wildman–Crippen LogP) is 6.25. The summed E-state index contributed by atoms with van der Waals surface area (Å²) in [5.41, 5.74) is 3.34. The van der Waals surface area contributed by atoms with Gasteiger partial charge in [-0.05, 0) is 59.5 Å². The first-order valence-corrected chi connectivity index (χ1v) is 22.9. The number of carbonyl (C=O) groups excluding carboxylic acids is 2. The van der Waals surface area contributed by atoms with Crippen molar-refractivity contribution < 1.29 is 29.1 Å². The maximum absolute atomic E-state index is 15.2. The van der Waals surface area contributed by atoms with Gasteiger partial charge in [-0.25, -0.2) is 0 Å². The van der Waals surface area contributed by atoms with Crippen molar-refractivity contribution in [3.63, 3.8) is 0 Å². The number of ether oxygens (including phenoxy) is 2. The molecular formula is C44H47N7O7Si. The number of nitrogens with one attached hydrogen (secondary N) is 2. The quantitative estimate of drug-likeness (QED) is 0.0652. The van der Waals surface area contributed by atoms with Crippen LogP contribution in [-0.2, 0) is 45.9 Å². The minimum atomic E-state index is -2.48. The van der Waals surface area contributed by atoms with Gasteiger partial charge in [-0.1, -0.05) is 72.9 Å². The van der Waals surface area contributed by atoms with Crippen molar-refractivity contribution in [3.05, 3.63) is 136 Å². The second kappa shape index (κ2) is 15.9. The molecule has 15 heteroatoms. The number of methoxy groups -OCH3 is 1. The van der Waals surface area contributed by atoms with Gasteiger partial charge in [0, 0.05) is 72.2 Å². The van der Waals surface area contributed by atoms with Gasteiger partial charge in [0.15, 0.2) is 5.60 Å². The van der Waals surface area contributed by atoms with Gasteiger partial charge in [0.1, 0.15) is 5.75 Å². The van der Waals surface area contributed by atoms with Crippen molar-refractivity contribution in [2.24, 2.45) is 5.92 Å². The number of anilines is 2. The van der Waals surface area contributed by atoms with E-state index < -0.39 is 24.7 Å². The first-order valence-electron chi connectivity index (χ1n) is 19.8. The van der Waals surface area contributed by atoms with E-state index >= 15 is 4.79 Å². The summed E-state index contributed by atoms with van der Waals surface area (Å²) in [6.45, 7) is 7.23. The molecular weight excluding hydrogens is 767 g/mol. The van der Waals surface area contributed by atoms with Gasteiger partial charge in [-0.15, -0.1) is 5.10 Å². The van der Waals surface area contributed by atoms with E-state index in [0.29, 0.717) is 42.0 Å². The van der Waals surface area contributed by atoms with Crippen LogP contribution >= 0.6 is 0 Å². The molecule has 2 amide bonds. The lowest BCUT2D eigenvalue weighted by molar-refractivity contribution is -0.385. The Hall–Kier alpha value is -6.16. The van der Waals surface area contributed by atoms with Gasteiger partial charge in [0.2, 0.25) is 5.91 Å². The highest BCUT2D eigenvalue weighted by atomic mass is 28.3. The average Bonchev–Trinajstić information content (AvgIpc) is 3.99. The van der Waals surface area contributed by atoms with Crippen molar-refractivity contribution in [1.29, 1.82) is 0 Å². The Labute approximate surface area is 342 Å². The van der Waals surface area contributed by atoms with Gasteiger partial charge in [0.05, 0.1) is 50.6 Å². The molecule has 6 aromatic rings. The van der Waals surface area contributed by atoms with Crippen molar-refractivity contribution in [2.45, 2.75) is 69.6 Å². The highest BCUT2D eigenvalue weighted by molar-refractivity contribution is 6.91. The summed E-state index contributed by atoms with van der Waals surface area (Å²) >= 11 is 0. The zero-order valence-corrected chi connectivity index (χ0v) is 34.4. The molecule has 0 radical (unpaired) electrons. The Morgan fingerprint density at radius 2 is 1.85 bits per heavy atom. The number of para-hydroxylation sites is 1. The number of nitrogens with zero attached hydrogens (tertiary/aromatic N) is 5. The van der Waals surface area contributed by atoms with Crippen molar-refractivity contribution >= 4 is 53.0 Å². The lowest BCUT2D eigenvalue weighted by atomic mass is 9.82. The fraction of sp³-hybridized carbons (Fsp3) is 0.318. The van der Waals surface area contributed by atoms with E-state index in [1.54, 1.807) is 22.8 Å². The summed E-state index contributed by atoms with van der Waals surface area (Å²) in [5.74, 6) is -0.0443. The Kier molecular flexibility index (Phi) is 10.7. The maximum Gasteiger partial charge on any atom is 0.269 e. The van der Waals surface area contributed by atoms with Crippen LogP contribution in [0.3, 0.4) is 0 Å². The first kappa shape index (κ1) is 39.7. The van der Waals surface area contributed by atoms with Crippen LogP contribution in [0.15, 0.2) is 103 Å². The number of amides is 2. The molecule has 304 valence electrons. The van der Waals surface area contributed by atoms with Crippen molar-refractivity contribution in [2.75, 3.05) is 23.9 Å². The van der Waals surface area contributed by atoms with E-state index in [1.807, 2.05) is 73.1 Å². The summed E-state index contributed by atoms with van der Waals surface area (Å²) in [6.07, 6.45) is 4.36. The number of non-ortho nitro benzene ring substituents is 1. The lowest BCUT2D eigenvalue weighted by Crippen LogP contribution is -2.51. The predicted molar refractivity (Wildman–Crippen MR) is 226 cm³/mol. The molecule has 4 heterocycles. The molecule has 1 spiro atoms. The molecule has 4 atom stereocenters. The Balaban J connectivity index is 1.10. The van der Waals surface area contributed by atoms with Gasteiger partial charge in [-0.3, -0.25) is 24.4 Å². The van der Waals surface area contributed by atoms with Gasteiger partial charge in [0.25, 0.3) is 11.6 Å². The molecule has 4 aromatic carbocycles. The fourth-order valence-electron chi connectivity index (χ4n) is 9.31. The molecule has 0 bridgehead atoms. The molecule has 3 N–H and O–H groups in total. The van der Waals surface area contributed by atoms with E-state index in [1.165, 1.54) is 17.3 Å². The molecule has 8 rings (SSSR count). The topological polar surface area (TPSA) is 178 Å². The largest absolute Gasteiger partial charge is 0.497 e. The molecule has 2 aromatic heterocycles. The third kappa shape index (κ3) is 7.30. The summed E-state index contributed by atoms with van der Waals surface area (Å²) < 4.78 is 14.4. The number of rotatable bonds is 14. The zero-order valence-electron chi connectivity index (χ0n) is 33.4. The molecule has 1 fully saturated rings.